The van der Waals surface area contributed by atoms with Crippen molar-refractivity contribution in [2.24, 2.45) is 0 Å². The Morgan fingerprint density at radius 2 is 0.519 bits per heavy atom. The van der Waals surface area contributed by atoms with E-state index in [-0.39, 0.29) is 0 Å². The topological polar surface area (TPSA) is 9.86 Å². The number of aryl methyl sites for hydroxylation is 4. The van der Waals surface area contributed by atoms with Crippen LogP contribution in [0.2, 0.25) is 0 Å². The van der Waals surface area contributed by atoms with Crippen molar-refractivity contribution in [2.45, 2.75) is 27.7 Å². The lowest BCUT2D eigenvalue weighted by molar-refractivity contribution is 1.18. The van der Waals surface area contributed by atoms with Gasteiger partial charge in [0.2, 0.25) is 0 Å². The lowest BCUT2D eigenvalue weighted by atomic mass is 10.1. The number of hydrogen-bond donors (Lipinski definition) is 0. The first kappa shape index (κ1) is 31.6. The van der Waals surface area contributed by atoms with Gasteiger partial charge in [0.25, 0.3) is 0 Å². The van der Waals surface area contributed by atoms with Crippen LogP contribution in [0.25, 0.3) is 79.3 Å². The maximum atomic E-state index is 2.38. The third-order valence-electron chi connectivity index (χ3n) is 10.3. The van der Waals surface area contributed by atoms with Crippen LogP contribution in [0, 0.1) is 27.7 Å². The number of aromatic nitrogens is 2. The fourth-order valence-electron chi connectivity index (χ4n) is 7.63. The lowest BCUT2D eigenvalue weighted by Crippen LogP contribution is -1.93. The minimum Gasteiger partial charge on any atom is -0.309 e. The Hall–Kier alpha value is -6.38. The van der Waals surface area contributed by atoms with Crippen LogP contribution in [0.15, 0.2) is 146 Å². The van der Waals surface area contributed by atoms with Crippen LogP contribution in [0.1, 0.15) is 44.5 Å². The summed E-state index contributed by atoms with van der Waals surface area (Å²) < 4.78 is 4.76. The van der Waals surface area contributed by atoms with E-state index in [1.165, 1.54) is 99.5 Å². The number of hydrogen-bond acceptors (Lipinski definition) is 0. The van der Waals surface area contributed by atoms with Gasteiger partial charge < -0.3 is 9.13 Å². The zero-order chi connectivity index (χ0) is 35.3. The van der Waals surface area contributed by atoms with E-state index in [0.717, 1.165) is 0 Å². The molecule has 0 unspecified atom stereocenters. The van der Waals surface area contributed by atoms with Crippen LogP contribution >= 0.6 is 0 Å². The van der Waals surface area contributed by atoms with Gasteiger partial charge in [-0.1, -0.05) is 119 Å². The van der Waals surface area contributed by atoms with Gasteiger partial charge in [-0.3, -0.25) is 0 Å². The molecule has 0 aliphatic heterocycles. The zero-order valence-electron chi connectivity index (χ0n) is 30.1. The van der Waals surface area contributed by atoms with Crippen LogP contribution in [0.3, 0.4) is 0 Å². The molecule has 9 rings (SSSR count). The molecule has 52 heavy (non-hydrogen) atoms. The third-order valence-corrected chi connectivity index (χ3v) is 10.3. The molecule has 0 N–H and O–H groups in total. The molecule has 2 nitrogen and oxygen atoms in total. The minimum atomic E-state index is 1.17. The zero-order valence-corrected chi connectivity index (χ0v) is 30.1. The highest BCUT2D eigenvalue weighted by atomic mass is 15.0. The largest absolute Gasteiger partial charge is 0.309 e. The predicted octanol–water partition coefficient (Wildman–Crippen LogP) is 13.5. The molecule has 0 spiro atoms. The van der Waals surface area contributed by atoms with Gasteiger partial charge in [0.15, 0.2) is 0 Å². The molecule has 0 saturated heterocycles. The Morgan fingerprint density at radius 1 is 0.288 bits per heavy atom. The van der Waals surface area contributed by atoms with E-state index in [1.54, 1.807) is 0 Å². The summed E-state index contributed by atoms with van der Waals surface area (Å²) in [7, 11) is 0. The summed E-state index contributed by atoms with van der Waals surface area (Å²) in [6, 6.07) is 53.5. The fraction of sp³-hybridized carbons (Fsp3) is 0.0800. The minimum absolute atomic E-state index is 1.17. The van der Waals surface area contributed by atoms with Crippen LogP contribution in [0.5, 0.6) is 0 Å². The molecule has 0 amide bonds. The summed E-state index contributed by atoms with van der Waals surface area (Å²) in [4.78, 5) is 0. The molecule has 250 valence electrons. The van der Waals surface area contributed by atoms with Crippen LogP contribution in [0.4, 0.5) is 0 Å². The first-order valence-electron chi connectivity index (χ1n) is 18.1. The monoisotopic (exact) mass is 668 g/mol. The quantitative estimate of drug-likeness (QED) is 0.156. The maximum Gasteiger partial charge on any atom is 0.0541 e. The third kappa shape index (κ3) is 5.73. The molecule has 2 heteroatoms. The summed E-state index contributed by atoms with van der Waals surface area (Å²) in [6.07, 6.45) is 8.75. The van der Waals surface area contributed by atoms with Gasteiger partial charge in [0.05, 0.1) is 22.1 Å². The molecule has 0 bridgehead atoms. The van der Waals surface area contributed by atoms with E-state index < -0.39 is 0 Å². The molecular weight excluding hydrogens is 629 g/mol. The van der Waals surface area contributed by atoms with E-state index in [4.69, 9.17) is 0 Å². The summed E-state index contributed by atoms with van der Waals surface area (Å²) in [6.45, 7) is 8.66. The van der Waals surface area contributed by atoms with Crippen molar-refractivity contribution in [3.05, 3.63) is 190 Å². The van der Waals surface area contributed by atoms with Crippen molar-refractivity contribution in [2.75, 3.05) is 0 Å². The number of nitrogens with zero attached hydrogens (tertiary/aromatic N) is 2. The molecule has 0 aliphatic carbocycles. The second kappa shape index (κ2) is 12.7. The summed E-state index contributed by atoms with van der Waals surface area (Å²) in [5, 5.41) is 5.22. The summed E-state index contributed by atoms with van der Waals surface area (Å²) >= 11 is 0. The van der Waals surface area contributed by atoms with Crippen LogP contribution in [-0.4, -0.2) is 9.13 Å². The lowest BCUT2D eigenvalue weighted by Gasteiger charge is -2.08. The van der Waals surface area contributed by atoms with Crippen LogP contribution < -0.4 is 0 Å². The highest BCUT2D eigenvalue weighted by Crippen LogP contribution is 2.35. The molecule has 9 aromatic rings. The molecule has 0 fully saturated rings. The summed E-state index contributed by atoms with van der Waals surface area (Å²) in [5.41, 5.74) is 17.1. The van der Waals surface area contributed by atoms with E-state index in [1.807, 2.05) is 0 Å². The Bertz CT molecular complexity index is 2520. The number of benzene rings is 7. The second-order valence-electron chi connectivity index (χ2n) is 14.3. The van der Waals surface area contributed by atoms with Crippen molar-refractivity contribution in [1.82, 2.24) is 9.13 Å². The molecular formula is C50H40N2. The van der Waals surface area contributed by atoms with E-state index in [0.29, 0.717) is 0 Å². The van der Waals surface area contributed by atoms with Gasteiger partial charge in [0.1, 0.15) is 0 Å². The van der Waals surface area contributed by atoms with E-state index in [9.17, 15) is 0 Å². The molecule has 7 aromatic carbocycles. The molecule has 2 heterocycles. The fourth-order valence-corrected chi connectivity index (χ4v) is 7.63. The highest BCUT2D eigenvalue weighted by Gasteiger charge is 2.14. The first-order chi connectivity index (χ1) is 25.4. The average molecular weight is 669 g/mol. The predicted molar refractivity (Wildman–Crippen MR) is 225 cm³/mol. The first-order valence-corrected chi connectivity index (χ1v) is 18.1. The van der Waals surface area contributed by atoms with Crippen molar-refractivity contribution >= 4 is 67.9 Å². The molecule has 0 atom stereocenters. The van der Waals surface area contributed by atoms with Crippen molar-refractivity contribution in [3.8, 4) is 11.4 Å². The summed E-state index contributed by atoms with van der Waals surface area (Å²) in [5.74, 6) is 0. The van der Waals surface area contributed by atoms with Gasteiger partial charge >= 0.3 is 0 Å². The van der Waals surface area contributed by atoms with E-state index in [2.05, 4.69) is 207 Å². The van der Waals surface area contributed by atoms with Crippen molar-refractivity contribution in [3.63, 3.8) is 0 Å². The highest BCUT2D eigenvalue weighted by molar-refractivity contribution is 6.10. The Morgan fingerprint density at radius 3 is 0.769 bits per heavy atom. The Labute approximate surface area is 305 Å². The number of rotatable bonds is 6. The SMILES string of the molecule is Cc1ccc2c(c1)c1cc(C)ccc1n2-c1ccc(/C=C/c2ccc(/C=C/c3ccc(-n4c5ccc(C)cc5c5cc(C)ccc54)cc3)cc2)cc1. The Kier molecular flexibility index (Phi) is 7.74. The Balaban J connectivity index is 0.908. The van der Waals surface area contributed by atoms with Gasteiger partial charge in [-0.05, 0) is 123 Å². The van der Waals surface area contributed by atoms with Gasteiger partial charge in [-0.2, -0.15) is 0 Å². The normalized spacial score (nSPS) is 12.1. The van der Waals surface area contributed by atoms with Crippen molar-refractivity contribution < 1.29 is 0 Å². The molecule has 0 saturated carbocycles. The maximum absolute atomic E-state index is 2.38. The van der Waals surface area contributed by atoms with Gasteiger partial charge in [0, 0.05) is 32.9 Å². The smallest absolute Gasteiger partial charge is 0.0541 e. The standard InChI is InChI=1S/C50H40N2/c1-33-5-25-47-43(29-33)44-30-34(2)6-26-48(44)51(47)41-21-17-39(18-22-41)15-13-37-9-11-38(12-10-37)14-16-40-19-23-42(24-20-40)52-49-27-7-35(3)31-45(49)46-32-36(4)8-28-50(46)52/h5-32H,1-4H3/b15-13+,16-14+. The second-order valence-corrected chi connectivity index (χ2v) is 14.3. The van der Waals surface area contributed by atoms with Crippen LogP contribution in [-0.2, 0) is 0 Å². The molecule has 0 radical (unpaired) electrons. The molecule has 2 aromatic heterocycles. The molecule has 0 aliphatic rings. The van der Waals surface area contributed by atoms with Crippen molar-refractivity contribution in [1.29, 1.82) is 0 Å². The van der Waals surface area contributed by atoms with Gasteiger partial charge in [-0.25, -0.2) is 0 Å². The van der Waals surface area contributed by atoms with Gasteiger partial charge in [-0.15, -0.1) is 0 Å². The number of fused-ring (bicyclic) bond motifs is 6. The van der Waals surface area contributed by atoms with E-state index >= 15 is 0 Å². The average Bonchev–Trinajstić information content (AvgIpc) is 3.65.